The Labute approximate surface area is 139 Å². The second-order valence-corrected chi connectivity index (χ2v) is 6.41. The number of esters is 1. The molecule has 7 heteroatoms. The molecule has 1 N–H and O–H groups in total. The van der Waals surface area contributed by atoms with E-state index < -0.39 is 11.6 Å². The van der Waals surface area contributed by atoms with E-state index in [9.17, 15) is 9.90 Å². The number of nitrogens with zero attached hydrogens (tertiary/aromatic N) is 4. The van der Waals surface area contributed by atoms with Crippen molar-refractivity contribution in [3.05, 3.63) is 42.0 Å². The van der Waals surface area contributed by atoms with E-state index in [1.54, 1.807) is 35.4 Å². The first-order valence-corrected chi connectivity index (χ1v) is 7.61. The molecule has 126 valence electrons. The number of aromatic nitrogens is 4. The second kappa shape index (κ2) is 5.76. The Morgan fingerprint density at radius 2 is 2.08 bits per heavy atom. The largest absolute Gasteiger partial charge is 0.465 e. The second-order valence-electron chi connectivity index (χ2n) is 6.41. The number of pyridine rings is 1. The third-order valence-electron chi connectivity index (χ3n) is 3.88. The zero-order valence-electron chi connectivity index (χ0n) is 14.1. The molecule has 0 saturated heterocycles. The fourth-order valence-corrected chi connectivity index (χ4v) is 2.67. The van der Waals surface area contributed by atoms with Crippen LogP contribution in [0.4, 0.5) is 0 Å². The molecule has 0 bridgehead atoms. The van der Waals surface area contributed by atoms with Gasteiger partial charge in [-0.25, -0.2) is 9.31 Å². The summed E-state index contributed by atoms with van der Waals surface area (Å²) in [6.45, 7) is 5.85. The van der Waals surface area contributed by atoms with Crippen molar-refractivity contribution in [1.82, 2.24) is 19.4 Å². The standard InChI is InChI=1S/C17H20N4O3/c1-11-13(8-19-21(11)10-17(2,3)23)12-5-6-20-15(7-12)14(9-18-20)16(22)24-4/h5-9,23H,10H2,1-4H3. The third kappa shape index (κ3) is 2.90. The highest BCUT2D eigenvalue weighted by atomic mass is 16.5. The fraction of sp³-hybridized carbons (Fsp3) is 0.353. The molecule has 0 radical (unpaired) electrons. The van der Waals surface area contributed by atoms with Crippen LogP contribution in [0.25, 0.3) is 16.6 Å². The minimum atomic E-state index is -0.846. The molecular weight excluding hydrogens is 308 g/mol. The maximum Gasteiger partial charge on any atom is 0.341 e. The van der Waals surface area contributed by atoms with Crippen molar-refractivity contribution in [2.75, 3.05) is 7.11 Å². The van der Waals surface area contributed by atoms with Crippen molar-refractivity contribution < 1.29 is 14.6 Å². The summed E-state index contributed by atoms with van der Waals surface area (Å²) in [4.78, 5) is 11.8. The van der Waals surface area contributed by atoms with Crippen molar-refractivity contribution >= 4 is 11.5 Å². The number of methoxy groups -OCH3 is 1. The van der Waals surface area contributed by atoms with E-state index in [0.29, 0.717) is 17.6 Å². The van der Waals surface area contributed by atoms with E-state index in [2.05, 4.69) is 10.2 Å². The van der Waals surface area contributed by atoms with E-state index in [1.165, 1.54) is 13.3 Å². The molecule has 3 rings (SSSR count). The van der Waals surface area contributed by atoms with E-state index in [4.69, 9.17) is 4.74 Å². The Morgan fingerprint density at radius 3 is 2.75 bits per heavy atom. The lowest BCUT2D eigenvalue weighted by Gasteiger charge is -2.18. The summed E-state index contributed by atoms with van der Waals surface area (Å²) in [6.07, 6.45) is 5.06. The summed E-state index contributed by atoms with van der Waals surface area (Å²) in [5.41, 5.74) is 3.06. The number of hydrogen-bond acceptors (Lipinski definition) is 5. The Hall–Kier alpha value is -2.67. The molecule has 0 spiro atoms. The van der Waals surface area contributed by atoms with Crippen LogP contribution >= 0.6 is 0 Å². The molecule has 0 saturated carbocycles. The Morgan fingerprint density at radius 1 is 1.33 bits per heavy atom. The summed E-state index contributed by atoms with van der Waals surface area (Å²) in [5.74, 6) is -0.420. The molecule has 0 fully saturated rings. The highest BCUT2D eigenvalue weighted by molar-refractivity contribution is 5.97. The third-order valence-corrected chi connectivity index (χ3v) is 3.88. The number of carbonyl (C=O) groups is 1. The lowest BCUT2D eigenvalue weighted by Crippen LogP contribution is -2.27. The van der Waals surface area contributed by atoms with Gasteiger partial charge in [-0.1, -0.05) is 0 Å². The average Bonchev–Trinajstić information content (AvgIpc) is 3.09. The molecule has 0 aliphatic carbocycles. The minimum Gasteiger partial charge on any atom is -0.465 e. The zero-order valence-corrected chi connectivity index (χ0v) is 14.1. The van der Waals surface area contributed by atoms with Gasteiger partial charge in [-0.3, -0.25) is 4.68 Å². The van der Waals surface area contributed by atoms with Gasteiger partial charge in [0, 0.05) is 17.5 Å². The maximum absolute atomic E-state index is 11.8. The molecule has 24 heavy (non-hydrogen) atoms. The van der Waals surface area contributed by atoms with E-state index in [0.717, 1.165) is 16.8 Å². The zero-order chi connectivity index (χ0) is 17.5. The van der Waals surface area contributed by atoms with Gasteiger partial charge < -0.3 is 9.84 Å². The molecule has 0 aliphatic heterocycles. The van der Waals surface area contributed by atoms with E-state index in [-0.39, 0.29) is 0 Å². The van der Waals surface area contributed by atoms with Crippen molar-refractivity contribution in [1.29, 1.82) is 0 Å². The van der Waals surface area contributed by atoms with Crippen molar-refractivity contribution in [3.8, 4) is 11.1 Å². The van der Waals surface area contributed by atoms with Gasteiger partial charge in [0.2, 0.25) is 0 Å². The highest BCUT2D eigenvalue weighted by Crippen LogP contribution is 2.26. The van der Waals surface area contributed by atoms with Gasteiger partial charge in [0.25, 0.3) is 0 Å². The van der Waals surface area contributed by atoms with Gasteiger partial charge in [-0.15, -0.1) is 0 Å². The monoisotopic (exact) mass is 328 g/mol. The summed E-state index contributed by atoms with van der Waals surface area (Å²) < 4.78 is 8.20. The molecule has 0 amide bonds. The first-order chi connectivity index (χ1) is 11.3. The van der Waals surface area contributed by atoms with Crippen molar-refractivity contribution in [2.45, 2.75) is 32.9 Å². The van der Waals surface area contributed by atoms with Gasteiger partial charge in [0.1, 0.15) is 5.56 Å². The minimum absolute atomic E-state index is 0.404. The van der Waals surface area contributed by atoms with Crippen LogP contribution in [0.3, 0.4) is 0 Å². The van der Waals surface area contributed by atoms with Crippen LogP contribution in [0.1, 0.15) is 29.9 Å². The fourth-order valence-electron chi connectivity index (χ4n) is 2.67. The van der Waals surface area contributed by atoms with Crippen LogP contribution in [0.2, 0.25) is 0 Å². The first-order valence-electron chi connectivity index (χ1n) is 7.61. The van der Waals surface area contributed by atoms with Gasteiger partial charge >= 0.3 is 5.97 Å². The van der Waals surface area contributed by atoms with Crippen LogP contribution in [-0.4, -0.2) is 43.2 Å². The summed E-state index contributed by atoms with van der Waals surface area (Å²) in [7, 11) is 1.35. The maximum atomic E-state index is 11.8. The number of fused-ring (bicyclic) bond motifs is 1. The number of aliphatic hydroxyl groups is 1. The van der Waals surface area contributed by atoms with Crippen molar-refractivity contribution in [3.63, 3.8) is 0 Å². The molecule has 0 aromatic carbocycles. The molecule has 3 aromatic rings. The lowest BCUT2D eigenvalue weighted by molar-refractivity contribution is 0.0569. The van der Waals surface area contributed by atoms with E-state index >= 15 is 0 Å². The number of carbonyl (C=O) groups excluding carboxylic acids is 1. The molecule has 0 aliphatic rings. The quantitative estimate of drug-likeness (QED) is 0.741. The van der Waals surface area contributed by atoms with Crippen LogP contribution in [0.15, 0.2) is 30.7 Å². The molecule has 0 unspecified atom stereocenters. The number of rotatable bonds is 4. The smallest absolute Gasteiger partial charge is 0.341 e. The normalized spacial score (nSPS) is 11.9. The lowest BCUT2D eigenvalue weighted by atomic mass is 10.1. The summed E-state index contributed by atoms with van der Waals surface area (Å²) in [6, 6.07) is 3.80. The van der Waals surface area contributed by atoms with Gasteiger partial charge in [0.15, 0.2) is 0 Å². The van der Waals surface area contributed by atoms with Crippen LogP contribution in [0, 0.1) is 6.92 Å². The van der Waals surface area contributed by atoms with Gasteiger partial charge in [-0.05, 0) is 38.5 Å². The summed E-state index contributed by atoms with van der Waals surface area (Å²) in [5, 5.41) is 18.5. The average molecular weight is 328 g/mol. The molecule has 3 heterocycles. The Balaban J connectivity index is 2.05. The number of ether oxygens (including phenoxy) is 1. The van der Waals surface area contributed by atoms with E-state index in [1.807, 2.05) is 19.1 Å². The molecule has 7 nitrogen and oxygen atoms in total. The predicted octanol–water partition coefficient (Wildman–Crippen LogP) is 2.06. The van der Waals surface area contributed by atoms with Gasteiger partial charge in [-0.2, -0.15) is 10.2 Å². The van der Waals surface area contributed by atoms with Crippen LogP contribution in [0.5, 0.6) is 0 Å². The summed E-state index contributed by atoms with van der Waals surface area (Å²) >= 11 is 0. The highest BCUT2D eigenvalue weighted by Gasteiger charge is 2.18. The van der Waals surface area contributed by atoms with Gasteiger partial charge in [0.05, 0.1) is 37.2 Å². The van der Waals surface area contributed by atoms with Crippen molar-refractivity contribution in [2.24, 2.45) is 0 Å². The SMILES string of the molecule is COC(=O)c1cnn2ccc(-c3cnn(CC(C)(C)O)c3C)cc12. The Bertz CT molecular complexity index is 902. The Kier molecular flexibility index (Phi) is 3.88. The predicted molar refractivity (Wildman–Crippen MR) is 88.8 cm³/mol. The van der Waals surface area contributed by atoms with Crippen LogP contribution < -0.4 is 0 Å². The topological polar surface area (TPSA) is 81.6 Å². The molecular formula is C17H20N4O3. The molecule has 3 aromatic heterocycles. The first kappa shape index (κ1) is 16.2. The van der Waals surface area contributed by atoms with Crippen LogP contribution in [-0.2, 0) is 11.3 Å². The number of hydrogen-bond donors (Lipinski definition) is 1. The molecule has 0 atom stereocenters.